The summed E-state index contributed by atoms with van der Waals surface area (Å²) in [5.41, 5.74) is 5.02. The number of carbonyl (C=O) groups is 1. The fourth-order valence-electron chi connectivity index (χ4n) is 3.71. The van der Waals surface area contributed by atoms with Crippen molar-refractivity contribution in [3.63, 3.8) is 0 Å². The Bertz CT molecular complexity index is 804. The average Bonchev–Trinajstić information content (AvgIpc) is 2.99. The largest absolute Gasteiger partial charge is 0.497 e. The van der Waals surface area contributed by atoms with Gasteiger partial charge >= 0.3 is 6.03 Å². The lowest BCUT2D eigenvalue weighted by atomic mass is 10.0. The van der Waals surface area contributed by atoms with Crippen LogP contribution in [0.1, 0.15) is 28.8 Å². The fraction of sp³-hybridized carbons (Fsp3) is 0.400. The van der Waals surface area contributed by atoms with Crippen LogP contribution in [-0.2, 0) is 25.7 Å². The van der Waals surface area contributed by atoms with Crippen molar-refractivity contribution in [3.05, 3.63) is 52.7 Å². The maximum Gasteiger partial charge on any atom is 0.323 e. The van der Waals surface area contributed by atoms with Crippen LogP contribution in [0.25, 0.3) is 0 Å². The minimum Gasteiger partial charge on any atom is -0.497 e. The third-order valence-corrected chi connectivity index (χ3v) is 5.17. The number of nitrogens with one attached hydrogen (secondary N) is 1. The summed E-state index contributed by atoms with van der Waals surface area (Å²) in [6, 6.07) is 10.1. The van der Waals surface area contributed by atoms with Crippen LogP contribution >= 0.6 is 0 Å². The van der Waals surface area contributed by atoms with Crippen LogP contribution in [0.3, 0.4) is 0 Å². The molecule has 2 aromatic rings. The Hall–Kier alpha value is -2.56. The molecule has 0 atom stereocenters. The summed E-state index contributed by atoms with van der Waals surface area (Å²) in [4.78, 5) is 19.1. The smallest absolute Gasteiger partial charge is 0.323 e. The van der Waals surface area contributed by atoms with Gasteiger partial charge in [0.25, 0.3) is 0 Å². The van der Waals surface area contributed by atoms with Gasteiger partial charge in [-0.25, -0.2) is 9.78 Å². The van der Waals surface area contributed by atoms with Crippen molar-refractivity contribution in [1.29, 1.82) is 0 Å². The van der Waals surface area contributed by atoms with Crippen LogP contribution in [0.5, 0.6) is 5.75 Å². The molecule has 1 aliphatic carbocycles. The number of nitrogens with zero attached hydrogens (tertiary/aromatic N) is 2. The second-order valence-corrected chi connectivity index (χ2v) is 6.71. The molecule has 5 nitrogen and oxygen atoms in total. The molecule has 2 aliphatic rings. The van der Waals surface area contributed by atoms with Gasteiger partial charge in [-0.05, 0) is 67.0 Å². The Morgan fingerprint density at radius 1 is 1.04 bits per heavy atom. The summed E-state index contributed by atoms with van der Waals surface area (Å²) in [6.07, 6.45) is 4.99. The summed E-state index contributed by atoms with van der Waals surface area (Å²) in [5, 5.41) is 2.97. The predicted molar refractivity (Wildman–Crippen MR) is 97.3 cm³/mol. The minimum absolute atomic E-state index is 0.0646. The zero-order valence-electron chi connectivity index (χ0n) is 14.5. The fourth-order valence-corrected chi connectivity index (χ4v) is 3.71. The number of benzene rings is 1. The van der Waals surface area contributed by atoms with Crippen LogP contribution < -0.4 is 10.1 Å². The number of amides is 2. The Kier molecular flexibility index (Phi) is 4.30. The second-order valence-electron chi connectivity index (χ2n) is 6.71. The first-order chi connectivity index (χ1) is 12.2. The van der Waals surface area contributed by atoms with Gasteiger partial charge in [-0.2, -0.15) is 0 Å². The summed E-state index contributed by atoms with van der Waals surface area (Å²) >= 11 is 0. The highest BCUT2D eigenvalue weighted by atomic mass is 16.5. The topological polar surface area (TPSA) is 54.5 Å². The van der Waals surface area contributed by atoms with Crippen molar-refractivity contribution < 1.29 is 9.53 Å². The molecule has 4 rings (SSSR count). The normalized spacial score (nSPS) is 16.0. The molecule has 0 radical (unpaired) electrons. The first-order valence-electron chi connectivity index (χ1n) is 8.93. The number of aryl methyl sites for hydroxylation is 2. The summed E-state index contributed by atoms with van der Waals surface area (Å²) in [6.45, 7) is 1.42. The molecule has 0 fully saturated rings. The SMILES string of the molecule is COc1ccc2c(c1)CCN(C(=O)Nc1ccc3c(n1)CCC3)CC2. The highest BCUT2D eigenvalue weighted by Crippen LogP contribution is 2.23. The molecule has 2 heterocycles. The van der Waals surface area contributed by atoms with Crippen molar-refractivity contribution >= 4 is 11.8 Å². The molecule has 1 N–H and O–H groups in total. The zero-order chi connectivity index (χ0) is 17.2. The minimum atomic E-state index is -0.0646. The summed E-state index contributed by atoms with van der Waals surface area (Å²) in [7, 11) is 1.68. The number of ether oxygens (including phenoxy) is 1. The average molecular weight is 337 g/mol. The first kappa shape index (κ1) is 15.9. The van der Waals surface area contributed by atoms with Gasteiger partial charge < -0.3 is 9.64 Å². The summed E-state index contributed by atoms with van der Waals surface area (Å²) in [5.74, 6) is 1.54. The van der Waals surface area contributed by atoms with Crippen molar-refractivity contribution in [1.82, 2.24) is 9.88 Å². The van der Waals surface area contributed by atoms with Crippen molar-refractivity contribution in [2.45, 2.75) is 32.1 Å². The van der Waals surface area contributed by atoms with Crippen molar-refractivity contribution in [2.75, 3.05) is 25.5 Å². The lowest BCUT2D eigenvalue weighted by molar-refractivity contribution is 0.214. The zero-order valence-corrected chi connectivity index (χ0v) is 14.5. The first-order valence-corrected chi connectivity index (χ1v) is 8.93. The maximum atomic E-state index is 12.6. The number of fused-ring (bicyclic) bond motifs is 2. The second kappa shape index (κ2) is 6.75. The van der Waals surface area contributed by atoms with E-state index in [1.807, 2.05) is 17.0 Å². The van der Waals surface area contributed by atoms with E-state index < -0.39 is 0 Å². The van der Waals surface area contributed by atoms with Gasteiger partial charge in [-0.15, -0.1) is 0 Å². The monoisotopic (exact) mass is 337 g/mol. The van der Waals surface area contributed by atoms with E-state index in [1.54, 1.807) is 7.11 Å². The molecule has 0 bridgehead atoms. The molecule has 1 aromatic carbocycles. The number of pyridine rings is 1. The van der Waals surface area contributed by atoms with E-state index in [1.165, 1.54) is 16.7 Å². The number of hydrogen-bond acceptors (Lipinski definition) is 3. The van der Waals surface area contributed by atoms with E-state index in [0.717, 1.165) is 50.1 Å². The standard InChI is InChI=1S/C20H23N3O2/c1-25-17-7-5-14-9-11-23(12-10-16(14)13-17)20(24)22-19-8-6-15-3-2-4-18(15)21-19/h5-8,13H,2-4,9-12H2,1H3,(H,21,22,24). The molecule has 5 heteroatoms. The number of anilines is 1. The van der Waals surface area contributed by atoms with Gasteiger partial charge in [0.05, 0.1) is 7.11 Å². The van der Waals surface area contributed by atoms with E-state index in [9.17, 15) is 4.79 Å². The molecule has 1 aliphatic heterocycles. The van der Waals surface area contributed by atoms with Gasteiger partial charge in [0.15, 0.2) is 0 Å². The van der Waals surface area contributed by atoms with Crippen LogP contribution in [-0.4, -0.2) is 36.1 Å². The third kappa shape index (κ3) is 3.31. The number of hydrogen-bond donors (Lipinski definition) is 1. The van der Waals surface area contributed by atoms with Crippen LogP contribution in [0.4, 0.5) is 10.6 Å². The molecular formula is C20H23N3O2. The van der Waals surface area contributed by atoms with Crippen molar-refractivity contribution in [2.24, 2.45) is 0 Å². The number of rotatable bonds is 2. The van der Waals surface area contributed by atoms with E-state index in [4.69, 9.17) is 4.74 Å². The van der Waals surface area contributed by atoms with E-state index >= 15 is 0 Å². The molecule has 2 amide bonds. The van der Waals surface area contributed by atoms with Gasteiger partial charge in [-0.1, -0.05) is 12.1 Å². The molecule has 0 saturated carbocycles. The molecule has 0 unspecified atom stereocenters. The Morgan fingerprint density at radius 2 is 1.84 bits per heavy atom. The van der Waals surface area contributed by atoms with E-state index in [0.29, 0.717) is 12.4 Å². The Labute approximate surface area is 148 Å². The van der Waals surface area contributed by atoms with Crippen LogP contribution in [0.15, 0.2) is 30.3 Å². The van der Waals surface area contributed by atoms with Crippen molar-refractivity contribution in [3.8, 4) is 5.75 Å². The van der Waals surface area contributed by atoms with Crippen LogP contribution in [0, 0.1) is 0 Å². The number of aromatic nitrogens is 1. The number of urea groups is 1. The van der Waals surface area contributed by atoms with E-state index in [2.05, 4.69) is 28.5 Å². The third-order valence-electron chi connectivity index (χ3n) is 5.17. The summed E-state index contributed by atoms with van der Waals surface area (Å²) < 4.78 is 5.31. The molecular weight excluding hydrogens is 314 g/mol. The molecule has 25 heavy (non-hydrogen) atoms. The molecule has 1 aromatic heterocycles. The predicted octanol–water partition coefficient (Wildman–Crippen LogP) is 3.21. The molecule has 0 spiro atoms. The lowest BCUT2D eigenvalue weighted by Gasteiger charge is -2.20. The number of carbonyl (C=O) groups excluding carboxylic acids is 1. The highest BCUT2D eigenvalue weighted by molar-refractivity contribution is 5.88. The molecule has 0 saturated heterocycles. The van der Waals surface area contributed by atoms with Gasteiger partial charge in [0.1, 0.15) is 11.6 Å². The lowest BCUT2D eigenvalue weighted by Crippen LogP contribution is -2.37. The van der Waals surface area contributed by atoms with Crippen LogP contribution in [0.2, 0.25) is 0 Å². The Morgan fingerprint density at radius 3 is 2.68 bits per heavy atom. The maximum absolute atomic E-state index is 12.6. The quantitative estimate of drug-likeness (QED) is 0.915. The number of methoxy groups -OCH3 is 1. The van der Waals surface area contributed by atoms with Gasteiger partial charge in [0, 0.05) is 18.8 Å². The van der Waals surface area contributed by atoms with Gasteiger partial charge in [-0.3, -0.25) is 5.32 Å². The Balaban J connectivity index is 1.43. The molecule has 130 valence electrons. The highest BCUT2D eigenvalue weighted by Gasteiger charge is 2.20. The van der Waals surface area contributed by atoms with Gasteiger partial charge in [0.2, 0.25) is 0 Å². The van der Waals surface area contributed by atoms with E-state index in [-0.39, 0.29) is 6.03 Å².